The summed E-state index contributed by atoms with van der Waals surface area (Å²) in [6, 6.07) is 10.1. The van der Waals surface area contributed by atoms with E-state index in [1.54, 1.807) is 0 Å². The van der Waals surface area contributed by atoms with Crippen molar-refractivity contribution in [1.82, 2.24) is 9.97 Å². The molecule has 1 atom stereocenters. The summed E-state index contributed by atoms with van der Waals surface area (Å²) in [4.78, 5) is 23.8. The Labute approximate surface area is 147 Å². The highest BCUT2D eigenvalue weighted by Gasteiger charge is 2.32. The summed E-state index contributed by atoms with van der Waals surface area (Å²) in [7, 11) is 1.83. The Bertz CT molecular complexity index is 738. The normalized spacial score (nSPS) is 17.4. The number of hydrogen-bond acceptors (Lipinski definition) is 6. The van der Waals surface area contributed by atoms with E-state index in [4.69, 9.17) is 0 Å². The lowest BCUT2D eigenvalue weighted by atomic mass is 10.0. The van der Waals surface area contributed by atoms with Gasteiger partial charge in [0.2, 0.25) is 11.6 Å². The van der Waals surface area contributed by atoms with Crippen molar-refractivity contribution in [3.05, 3.63) is 52.3 Å². The lowest BCUT2D eigenvalue weighted by molar-refractivity contribution is -0.383. The Morgan fingerprint density at radius 1 is 1.28 bits per heavy atom. The molecule has 0 bridgehead atoms. The standard InChI is InChI=1S/C18H23N5O2/c1-14-8-6-7-11-22(14)18-16(23(24)25)17(19-13-20-18)21(2)12-15-9-4-3-5-10-15/h3-5,9-10,13-14H,6-8,11-12H2,1-2H3. The third-order valence-electron chi connectivity index (χ3n) is 4.67. The number of piperidine rings is 1. The van der Waals surface area contributed by atoms with Crippen LogP contribution in [0, 0.1) is 10.1 Å². The SMILES string of the molecule is CC1CCCCN1c1ncnc(N(C)Cc2ccccc2)c1[N+](=O)[O-]. The average Bonchev–Trinajstić information content (AvgIpc) is 2.62. The monoisotopic (exact) mass is 341 g/mol. The van der Waals surface area contributed by atoms with Crippen molar-refractivity contribution in [1.29, 1.82) is 0 Å². The van der Waals surface area contributed by atoms with Gasteiger partial charge in [0, 0.05) is 26.2 Å². The summed E-state index contributed by atoms with van der Waals surface area (Å²) >= 11 is 0. The fraction of sp³-hybridized carbons (Fsp3) is 0.444. The summed E-state index contributed by atoms with van der Waals surface area (Å²) in [5.41, 5.74) is 1.07. The van der Waals surface area contributed by atoms with Crippen LogP contribution in [0.5, 0.6) is 0 Å². The molecule has 1 aromatic carbocycles. The van der Waals surface area contributed by atoms with Crippen LogP contribution in [0.4, 0.5) is 17.3 Å². The van der Waals surface area contributed by atoms with Crippen molar-refractivity contribution < 1.29 is 4.92 Å². The minimum Gasteiger partial charge on any atom is -0.349 e. The van der Waals surface area contributed by atoms with Gasteiger partial charge < -0.3 is 9.80 Å². The van der Waals surface area contributed by atoms with Gasteiger partial charge in [-0.05, 0) is 31.7 Å². The van der Waals surface area contributed by atoms with Crippen LogP contribution in [0.15, 0.2) is 36.7 Å². The summed E-state index contributed by atoms with van der Waals surface area (Å²) < 4.78 is 0. The minimum atomic E-state index is -0.354. The van der Waals surface area contributed by atoms with Crippen LogP contribution >= 0.6 is 0 Å². The predicted octanol–water partition coefficient (Wildman–Crippen LogP) is 3.40. The largest absolute Gasteiger partial charge is 0.353 e. The molecule has 132 valence electrons. The van der Waals surface area contributed by atoms with Crippen LogP contribution in [0.25, 0.3) is 0 Å². The Kier molecular flexibility index (Phi) is 5.11. The highest BCUT2D eigenvalue weighted by atomic mass is 16.6. The highest BCUT2D eigenvalue weighted by molar-refractivity contribution is 5.71. The van der Waals surface area contributed by atoms with Gasteiger partial charge in [-0.1, -0.05) is 30.3 Å². The van der Waals surface area contributed by atoms with E-state index in [0.29, 0.717) is 18.2 Å². The molecule has 0 saturated carbocycles. The molecule has 2 aromatic rings. The van der Waals surface area contributed by atoms with E-state index in [1.807, 2.05) is 47.2 Å². The number of rotatable bonds is 5. The Morgan fingerprint density at radius 3 is 2.72 bits per heavy atom. The smallest absolute Gasteiger partial charge is 0.349 e. The number of hydrogen-bond donors (Lipinski definition) is 0. The first-order valence-corrected chi connectivity index (χ1v) is 8.59. The Hall–Kier alpha value is -2.70. The van der Waals surface area contributed by atoms with Gasteiger partial charge in [-0.2, -0.15) is 0 Å². The number of benzene rings is 1. The molecule has 25 heavy (non-hydrogen) atoms. The Morgan fingerprint density at radius 2 is 2.04 bits per heavy atom. The zero-order valence-corrected chi connectivity index (χ0v) is 14.6. The fourth-order valence-electron chi connectivity index (χ4n) is 3.36. The van der Waals surface area contributed by atoms with E-state index in [0.717, 1.165) is 31.4 Å². The fourth-order valence-corrected chi connectivity index (χ4v) is 3.36. The van der Waals surface area contributed by atoms with E-state index < -0.39 is 0 Å². The molecule has 1 aromatic heterocycles. The average molecular weight is 341 g/mol. The first-order valence-electron chi connectivity index (χ1n) is 8.59. The predicted molar refractivity (Wildman–Crippen MR) is 97.9 cm³/mol. The molecule has 0 radical (unpaired) electrons. The molecular formula is C18H23N5O2. The number of nitro groups is 1. The zero-order valence-electron chi connectivity index (χ0n) is 14.6. The maximum absolute atomic E-state index is 11.8. The van der Waals surface area contributed by atoms with Crippen LogP contribution in [0.1, 0.15) is 31.7 Å². The van der Waals surface area contributed by atoms with Gasteiger partial charge in [-0.15, -0.1) is 0 Å². The topological polar surface area (TPSA) is 75.4 Å². The van der Waals surface area contributed by atoms with Gasteiger partial charge in [0.1, 0.15) is 6.33 Å². The maximum Gasteiger partial charge on any atom is 0.353 e. The van der Waals surface area contributed by atoms with Crippen LogP contribution in [0.2, 0.25) is 0 Å². The second-order valence-corrected chi connectivity index (χ2v) is 6.51. The molecule has 1 aliphatic rings. The van der Waals surface area contributed by atoms with Crippen LogP contribution in [0.3, 0.4) is 0 Å². The van der Waals surface area contributed by atoms with Gasteiger partial charge in [-0.25, -0.2) is 9.97 Å². The van der Waals surface area contributed by atoms with E-state index in [-0.39, 0.29) is 16.7 Å². The Balaban J connectivity index is 1.96. The van der Waals surface area contributed by atoms with Crippen LogP contribution in [-0.4, -0.2) is 34.5 Å². The van der Waals surface area contributed by atoms with Gasteiger partial charge in [0.05, 0.1) is 4.92 Å². The highest BCUT2D eigenvalue weighted by Crippen LogP contribution is 2.36. The second-order valence-electron chi connectivity index (χ2n) is 6.51. The number of anilines is 2. The lowest BCUT2D eigenvalue weighted by Gasteiger charge is -2.34. The van der Waals surface area contributed by atoms with Crippen molar-refractivity contribution in [2.75, 3.05) is 23.4 Å². The third kappa shape index (κ3) is 3.70. The molecule has 1 aliphatic heterocycles. The van der Waals surface area contributed by atoms with Gasteiger partial charge >= 0.3 is 5.69 Å². The van der Waals surface area contributed by atoms with Gasteiger partial charge in [0.15, 0.2) is 0 Å². The van der Waals surface area contributed by atoms with E-state index in [2.05, 4.69) is 16.9 Å². The molecule has 7 heteroatoms. The number of nitrogens with zero attached hydrogens (tertiary/aromatic N) is 5. The summed E-state index contributed by atoms with van der Waals surface area (Å²) in [6.07, 6.45) is 4.63. The van der Waals surface area contributed by atoms with Crippen molar-refractivity contribution in [3.63, 3.8) is 0 Å². The minimum absolute atomic E-state index is 0.00492. The molecule has 3 rings (SSSR count). The summed E-state index contributed by atoms with van der Waals surface area (Å²) in [6.45, 7) is 3.44. The molecule has 1 fully saturated rings. The van der Waals surface area contributed by atoms with Crippen LogP contribution < -0.4 is 9.80 Å². The van der Waals surface area contributed by atoms with Crippen molar-refractivity contribution in [3.8, 4) is 0 Å². The quantitative estimate of drug-likeness (QED) is 0.613. The molecule has 1 saturated heterocycles. The van der Waals surface area contributed by atoms with E-state index in [1.165, 1.54) is 6.33 Å². The molecule has 0 N–H and O–H groups in total. The molecule has 0 spiro atoms. The summed E-state index contributed by atoms with van der Waals surface area (Å²) in [5, 5.41) is 11.8. The second kappa shape index (κ2) is 7.46. The molecule has 2 heterocycles. The van der Waals surface area contributed by atoms with Gasteiger partial charge in [0.25, 0.3) is 0 Å². The molecule has 1 unspecified atom stereocenters. The maximum atomic E-state index is 11.8. The first-order chi connectivity index (χ1) is 12.1. The lowest BCUT2D eigenvalue weighted by Crippen LogP contribution is -2.38. The first kappa shape index (κ1) is 17.1. The third-order valence-corrected chi connectivity index (χ3v) is 4.67. The van der Waals surface area contributed by atoms with Crippen molar-refractivity contribution in [2.24, 2.45) is 0 Å². The summed E-state index contributed by atoms with van der Waals surface area (Å²) in [5.74, 6) is 0.790. The van der Waals surface area contributed by atoms with Crippen molar-refractivity contribution >= 4 is 17.3 Å². The van der Waals surface area contributed by atoms with Crippen LogP contribution in [-0.2, 0) is 6.54 Å². The number of aromatic nitrogens is 2. The van der Waals surface area contributed by atoms with E-state index in [9.17, 15) is 10.1 Å². The van der Waals surface area contributed by atoms with Gasteiger partial charge in [-0.3, -0.25) is 10.1 Å². The molecule has 7 nitrogen and oxygen atoms in total. The van der Waals surface area contributed by atoms with Crippen molar-refractivity contribution in [2.45, 2.75) is 38.8 Å². The molecule has 0 amide bonds. The zero-order chi connectivity index (χ0) is 17.8. The van der Waals surface area contributed by atoms with E-state index >= 15 is 0 Å². The molecule has 0 aliphatic carbocycles. The molecular weight excluding hydrogens is 318 g/mol.